The first-order valence-electron chi connectivity index (χ1n) is 9.57. The van der Waals surface area contributed by atoms with Crippen LogP contribution in [-0.2, 0) is 0 Å². The number of aromatic nitrogens is 3. The third kappa shape index (κ3) is 4.20. The molecule has 0 bridgehead atoms. The van der Waals surface area contributed by atoms with Gasteiger partial charge in [-0.2, -0.15) is 0 Å². The number of nitrogens with one attached hydrogen (secondary N) is 2. The smallest absolute Gasteiger partial charge is 0.314 e. The summed E-state index contributed by atoms with van der Waals surface area (Å²) in [7, 11) is 1.91. The Hall–Kier alpha value is -4.00. The number of carbonyl (C=O) groups is 1. The highest BCUT2D eigenvalue weighted by molar-refractivity contribution is 6.05. The molecule has 0 aliphatic carbocycles. The first-order valence-corrected chi connectivity index (χ1v) is 9.57. The Labute approximate surface area is 174 Å². The first-order chi connectivity index (χ1) is 14.5. The van der Waals surface area contributed by atoms with E-state index in [1.54, 1.807) is 12.3 Å². The molecule has 0 aliphatic heterocycles. The van der Waals surface area contributed by atoms with Crippen molar-refractivity contribution in [3.05, 3.63) is 78.2 Å². The maximum atomic E-state index is 12.5. The van der Waals surface area contributed by atoms with Crippen molar-refractivity contribution in [1.82, 2.24) is 15.0 Å². The van der Waals surface area contributed by atoms with Crippen molar-refractivity contribution in [2.75, 3.05) is 22.6 Å². The van der Waals surface area contributed by atoms with Crippen molar-refractivity contribution in [3.63, 3.8) is 0 Å². The third-order valence-corrected chi connectivity index (χ3v) is 4.68. The van der Waals surface area contributed by atoms with Gasteiger partial charge < -0.3 is 15.5 Å². The number of carbonyl (C=O) groups excluding carboxylic acids is 1. The van der Waals surface area contributed by atoms with Crippen LogP contribution in [0, 0.1) is 13.8 Å². The molecule has 2 aromatic carbocycles. The van der Waals surface area contributed by atoms with Gasteiger partial charge in [0.2, 0.25) is 5.95 Å². The van der Waals surface area contributed by atoms with Gasteiger partial charge in [-0.05, 0) is 56.3 Å². The van der Waals surface area contributed by atoms with Gasteiger partial charge in [-0.3, -0.25) is 4.98 Å². The van der Waals surface area contributed by atoms with Crippen LogP contribution in [0.3, 0.4) is 0 Å². The van der Waals surface area contributed by atoms with Crippen LogP contribution in [0.2, 0.25) is 0 Å². The van der Waals surface area contributed by atoms with Gasteiger partial charge in [0.25, 0.3) is 0 Å². The number of anilines is 4. The summed E-state index contributed by atoms with van der Waals surface area (Å²) in [6.07, 6.45) is 1.68. The van der Waals surface area contributed by atoms with Crippen molar-refractivity contribution < 1.29 is 4.79 Å². The summed E-state index contributed by atoms with van der Waals surface area (Å²) in [6, 6.07) is 18.6. The molecule has 2 amide bonds. The molecule has 0 unspecified atom stereocenters. The molecule has 4 aromatic rings. The molecule has 4 rings (SSSR count). The summed E-state index contributed by atoms with van der Waals surface area (Å²) in [5.74, 6) is 0.635. The van der Waals surface area contributed by atoms with E-state index in [-0.39, 0.29) is 6.03 Å². The van der Waals surface area contributed by atoms with Crippen molar-refractivity contribution >= 4 is 39.9 Å². The lowest BCUT2D eigenvalue weighted by molar-refractivity contribution is 0.262. The van der Waals surface area contributed by atoms with Gasteiger partial charge >= 0.3 is 6.03 Å². The fraction of sp³-hybridized carbons (Fsp3) is 0.130. The average Bonchev–Trinajstić information content (AvgIpc) is 2.73. The Bertz CT molecular complexity index is 1180. The van der Waals surface area contributed by atoms with Crippen LogP contribution in [0.25, 0.3) is 10.9 Å². The molecule has 0 aliphatic rings. The summed E-state index contributed by atoms with van der Waals surface area (Å²) >= 11 is 0. The highest BCUT2D eigenvalue weighted by Crippen LogP contribution is 2.24. The molecule has 0 radical (unpaired) electrons. The minimum absolute atomic E-state index is 0.315. The Balaban J connectivity index is 1.46. The second-order valence-electron chi connectivity index (χ2n) is 7.01. The number of pyridine rings is 1. The quantitative estimate of drug-likeness (QED) is 0.502. The van der Waals surface area contributed by atoms with Crippen molar-refractivity contribution in [1.29, 1.82) is 0 Å². The Morgan fingerprint density at radius 2 is 1.60 bits per heavy atom. The molecular formula is C23H22N6O. The van der Waals surface area contributed by atoms with E-state index in [4.69, 9.17) is 0 Å². The predicted molar refractivity (Wildman–Crippen MR) is 120 cm³/mol. The summed E-state index contributed by atoms with van der Waals surface area (Å²) < 4.78 is 0. The zero-order chi connectivity index (χ0) is 21.1. The number of hydrogen-bond acceptors (Lipinski definition) is 5. The maximum Gasteiger partial charge on any atom is 0.323 e. The van der Waals surface area contributed by atoms with E-state index in [0.29, 0.717) is 17.3 Å². The lowest BCUT2D eigenvalue weighted by atomic mass is 10.2. The number of para-hydroxylation sites is 1. The molecule has 2 N–H and O–H groups in total. The highest BCUT2D eigenvalue weighted by atomic mass is 16.2. The van der Waals surface area contributed by atoms with Crippen LogP contribution in [0.4, 0.5) is 27.8 Å². The van der Waals surface area contributed by atoms with E-state index in [2.05, 4.69) is 25.6 Å². The van der Waals surface area contributed by atoms with Crippen molar-refractivity contribution in [3.8, 4) is 0 Å². The fourth-order valence-electron chi connectivity index (χ4n) is 3.23. The Kier molecular flexibility index (Phi) is 5.26. The second kappa shape index (κ2) is 8.16. The zero-order valence-corrected chi connectivity index (χ0v) is 17.0. The standard InChI is InChI=1S/C23H22N6O/c1-15-14-16(2)26-22(25-15)29(3)18-10-8-17(9-11-18)27-23(30)28-21-12-13-24-20-7-5-4-6-19(20)21/h4-14H,1-3H3,(H2,24,27,28,30). The SMILES string of the molecule is Cc1cc(C)nc(N(C)c2ccc(NC(=O)Nc3ccnc4ccccc34)cc2)n1. The van der Waals surface area contributed by atoms with E-state index in [0.717, 1.165) is 28.0 Å². The van der Waals surface area contributed by atoms with Crippen molar-refractivity contribution in [2.45, 2.75) is 13.8 Å². The minimum Gasteiger partial charge on any atom is -0.314 e. The topological polar surface area (TPSA) is 83.0 Å². The van der Waals surface area contributed by atoms with Crippen LogP contribution in [0.1, 0.15) is 11.4 Å². The van der Waals surface area contributed by atoms with Crippen LogP contribution in [0.15, 0.2) is 66.9 Å². The van der Waals surface area contributed by atoms with E-state index in [9.17, 15) is 4.79 Å². The molecule has 150 valence electrons. The number of aryl methyl sites for hydroxylation is 2. The summed E-state index contributed by atoms with van der Waals surface area (Å²) in [5.41, 5.74) is 4.99. The van der Waals surface area contributed by atoms with E-state index >= 15 is 0 Å². The minimum atomic E-state index is -0.315. The lowest BCUT2D eigenvalue weighted by Crippen LogP contribution is -2.19. The van der Waals surface area contributed by atoms with Crippen LogP contribution in [0.5, 0.6) is 0 Å². The molecule has 0 spiro atoms. The number of rotatable bonds is 4. The van der Waals surface area contributed by atoms with Gasteiger partial charge in [0.1, 0.15) is 0 Å². The second-order valence-corrected chi connectivity index (χ2v) is 7.01. The summed E-state index contributed by atoms with van der Waals surface area (Å²) in [4.78, 5) is 27.7. The van der Waals surface area contributed by atoms with Gasteiger partial charge in [-0.15, -0.1) is 0 Å². The molecular weight excluding hydrogens is 376 g/mol. The highest BCUT2D eigenvalue weighted by Gasteiger charge is 2.10. The molecule has 0 saturated carbocycles. The Morgan fingerprint density at radius 1 is 0.900 bits per heavy atom. The number of nitrogens with zero attached hydrogens (tertiary/aromatic N) is 4. The van der Waals surface area contributed by atoms with E-state index in [1.807, 2.05) is 80.4 Å². The number of benzene rings is 2. The van der Waals surface area contributed by atoms with E-state index in [1.165, 1.54) is 0 Å². The van der Waals surface area contributed by atoms with Gasteiger partial charge in [0, 0.05) is 41.4 Å². The maximum absolute atomic E-state index is 12.5. The van der Waals surface area contributed by atoms with Crippen LogP contribution < -0.4 is 15.5 Å². The fourth-order valence-corrected chi connectivity index (χ4v) is 3.23. The van der Waals surface area contributed by atoms with Crippen molar-refractivity contribution in [2.24, 2.45) is 0 Å². The molecule has 0 saturated heterocycles. The lowest BCUT2D eigenvalue weighted by Gasteiger charge is -2.18. The zero-order valence-electron chi connectivity index (χ0n) is 17.0. The molecule has 2 heterocycles. The third-order valence-electron chi connectivity index (χ3n) is 4.68. The predicted octanol–water partition coefficient (Wildman–Crippen LogP) is 5.05. The molecule has 0 atom stereocenters. The number of amides is 2. The largest absolute Gasteiger partial charge is 0.323 e. The monoisotopic (exact) mass is 398 g/mol. The van der Waals surface area contributed by atoms with Gasteiger partial charge in [-0.25, -0.2) is 14.8 Å². The Morgan fingerprint density at radius 3 is 2.33 bits per heavy atom. The summed E-state index contributed by atoms with van der Waals surface area (Å²) in [5, 5.41) is 6.64. The number of hydrogen-bond donors (Lipinski definition) is 2. The van der Waals surface area contributed by atoms with Gasteiger partial charge in [0.15, 0.2) is 0 Å². The molecule has 2 aromatic heterocycles. The van der Waals surface area contributed by atoms with Crippen LogP contribution >= 0.6 is 0 Å². The number of fused-ring (bicyclic) bond motifs is 1. The molecule has 30 heavy (non-hydrogen) atoms. The first kappa shape index (κ1) is 19.3. The molecule has 0 fully saturated rings. The molecule has 7 nitrogen and oxygen atoms in total. The molecule has 7 heteroatoms. The van der Waals surface area contributed by atoms with Gasteiger partial charge in [-0.1, -0.05) is 18.2 Å². The normalized spacial score (nSPS) is 10.6. The average molecular weight is 398 g/mol. The van der Waals surface area contributed by atoms with Crippen LogP contribution in [-0.4, -0.2) is 28.0 Å². The number of urea groups is 1. The van der Waals surface area contributed by atoms with Gasteiger partial charge in [0.05, 0.1) is 11.2 Å². The van der Waals surface area contributed by atoms with E-state index < -0.39 is 0 Å². The summed E-state index contributed by atoms with van der Waals surface area (Å²) in [6.45, 7) is 3.90.